The second-order valence-corrected chi connectivity index (χ2v) is 6.45. The Kier molecular flexibility index (Phi) is 2.11. The number of hydrogen-bond acceptors (Lipinski definition) is 3. The standard InChI is InChI=1S/C13H14N2S/c1-13(2)8-15-11-7-14-10-6-4-3-5-9(10)12(11)16-13/h3-7,15H,8H2,1-2H3. The highest BCUT2D eigenvalue weighted by molar-refractivity contribution is 8.01. The number of nitrogens with one attached hydrogen (secondary N) is 1. The molecule has 1 aromatic heterocycles. The van der Waals surface area contributed by atoms with Gasteiger partial charge in [0.1, 0.15) is 0 Å². The summed E-state index contributed by atoms with van der Waals surface area (Å²) in [5, 5.41) is 4.72. The summed E-state index contributed by atoms with van der Waals surface area (Å²) in [7, 11) is 0. The van der Waals surface area contributed by atoms with E-state index in [9.17, 15) is 0 Å². The molecule has 0 saturated heterocycles. The van der Waals surface area contributed by atoms with Crippen LogP contribution < -0.4 is 5.32 Å². The number of aromatic nitrogens is 1. The Balaban J connectivity index is 2.25. The van der Waals surface area contributed by atoms with Crippen molar-refractivity contribution in [3.63, 3.8) is 0 Å². The molecule has 0 amide bonds. The number of anilines is 1. The van der Waals surface area contributed by atoms with Crippen LogP contribution in [0.4, 0.5) is 5.69 Å². The van der Waals surface area contributed by atoms with E-state index in [1.807, 2.05) is 24.0 Å². The van der Waals surface area contributed by atoms with Crippen LogP contribution in [-0.2, 0) is 0 Å². The first-order chi connectivity index (χ1) is 7.66. The normalized spacial score (nSPS) is 17.9. The second kappa shape index (κ2) is 3.39. The Hall–Kier alpha value is -1.22. The molecule has 0 atom stereocenters. The Morgan fingerprint density at radius 2 is 2.12 bits per heavy atom. The summed E-state index contributed by atoms with van der Waals surface area (Å²) in [5.74, 6) is 0. The molecular formula is C13H14N2S. The molecule has 2 aromatic rings. The summed E-state index contributed by atoms with van der Waals surface area (Å²) in [6, 6.07) is 8.33. The van der Waals surface area contributed by atoms with E-state index in [4.69, 9.17) is 0 Å². The van der Waals surface area contributed by atoms with Crippen LogP contribution >= 0.6 is 11.8 Å². The van der Waals surface area contributed by atoms with Crippen molar-refractivity contribution in [2.45, 2.75) is 23.5 Å². The number of para-hydroxylation sites is 1. The molecule has 1 N–H and O–H groups in total. The summed E-state index contributed by atoms with van der Waals surface area (Å²) >= 11 is 1.94. The monoisotopic (exact) mass is 230 g/mol. The molecule has 3 rings (SSSR count). The third kappa shape index (κ3) is 1.55. The van der Waals surface area contributed by atoms with Gasteiger partial charge in [-0.2, -0.15) is 0 Å². The fourth-order valence-corrected chi connectivity index (χ4v) is 3.19. The molecule has 2 heterocycles. The highest BCUT2D eigenvalue weighted by Crippen LogP contribution is 2.44. The van der Waals surface area contributed by atoms with Crippen LogP contribution in [0.1, 0.15) is 13.8 Å². The molecular weight excluding hydrogens is 216 g/mol. The minimum Gasteiger partial charge on any atom is -0.381 e. The van der Waals surface area contributed by atoms with Crippen molar-refractivity contribution in [2.75, 3.05) is 11.9 Å². The Labute approximate surface area is 99.5 Å². The number of pyridine rings is 1. The molecule has 0 unspecified atom stereocenters. The van der Waals surface area contributed by atoms with E-state index < -0.39 is 0 Å². The first-order valence-corrected chi connectivity index (χ1v) is 6.28. The van der Waals surface area contributed by atoms with Crippen LogP contribution in [0.15, 0.2) is 35.4 Å². The number of hydrogen-bond donors (Lipinski definition) is 1. The topological polar surface area (TPSA) is 24.9 Å². The molecule has 0 spiro atoms. The molecule has 1 aliphatic heterocycles. The third-order valence-corrected chi connectivity index (χ3v) is 4.15. The van der Waals surface area contributed by atoms with Crippen molar-refractivity contribution in [3.05, 3.63) is 30.5 Å². The number of benzene rings is 1. The van der Waals surface area contributed by atoms with Crippen LogP contribution in [0.2, 0.25) is 0 Å². The number of rotatable bonds is 0. The van der Waals surface area contributed by atoms with Gasteiger partial charge in [0.25, 0.3) is 0 Å². The molecule has 82 valence electrons. The van der Waals surface area contributed by atoms with Gasteiger partial charge < -0.3 is 5.32 Å². The van der Waals surface area contributed by atoms with Crippen LogP contribution in [0.3, 0.4) is 0 Å². The van der Waals surface area contributed by atoms with Crippen LogP contribution in [0, 0.1) is 0 Å². The third-order valence-electron chi connectivity index (χ3n) is 2.81. The van der Waals surface area contributed by atoms with Crippen molar-refractivity contribution < 1.29 is 0 Å². The smallest absolute Gasteiger partial charge is 0.0714 e. The van der Waals surface area contributed by atoms with Gasteiger partial charge in [0.05, 0.1) is 17.4 Å². The lowest BCUT2D eigenvalue weighted by Gasteiger charge is -2.32. The molecule has 0 bridgehead atoms. The van der Waals surface area contributed by atoms with Gasteiger partial charge in [-0.25, -0.2) is 0 Å². The lowest BCUT2D eigenvalue weighted by atomic mass is 10.1. The van der Waals surface area contributed by atoms with Crippen LogP contribution in [0.25, 0.3) is 10.9 Å². The average Bonchev–Trinajstić information content (AvgIpc) is 2.28. The molecule has 0 saturated carbocycles. The predicted molar refractivity (Wildman–Crippen MR) is 70.2 cm³/mol. The summed E-state index contributed by atoms with van der Waals surface area (Å²) in [6.07, 6.45) is 1.94. The molecule has 1 aliphatic rings. The van der Waals surface area contributed by atoms with Crippen molar-refractivity contribution in [1.82, 2.24) is 4.98 Å². The largest absolute Gasteiger partial charge is 0.381 e. The van der Waals surface area contributed by atoms with Gasteiger partial charge in [0, 0.05) is 21.6 Å². The van der Waals surface area contributed by atoms with Crippen molar-refractivity contribution in [3.8, 4) is 0 Å². The van der Waals surface area contributed by atoms with Crippen LogP contribution in [0.5, 0.6) is 0 Å². The molecule has 1 aromatic carbocycles. The van der Waals surface area contributed by atoms with E-state index >= 15 is 0 Å². The van der Waals surface area contributed by atoms with Crippen molar-refractivity contribution in [1.29, 1.82) is 0 Å². The zero-order chi connectivity index (χ0) is 11.2. The predicted octanol–water partition coefficient (Wildman–Crippen LogP) is 3.53. The van der Waals surface area contributed by atoms with Gasteiger partial charge in [-0.15, -0.1) is 11.8 Å². The Morgan fingerprint density at radius 1 is 1.31 bits per heavy atom. The minimum atomic E-state index is 0.247. The quantitative estimate of drug-likeness (QED) is 0.749. The maximum Gasteiger partial charge on any atom is 0.0714 e. The lowest BCUT2D eigenvalue weighted by molar-refractivity contribution is 0.739. The second-order valence-electron chi connectivity index (χ2n) is 4.73. The summed E-state index contributed by atoms with van der Waals surface area (Å²) in [6.45, 7) is 5.52. The SMILES string of the molecule is CC1(C)CNc2cnc3ccccc3c2S1. The van der Waals surface area contributed by atoms with Gasteiger partial charge in [0.15, 0.2) is 0 Å². The number of nitrogens with zero attached hydrogens (tertiary/aromatic N) is 1. The van der Waals surface area contributed by atoms with E-state index in [2.05, 4.69) is 42.3 Å². The van der Waals surface area contributed by atoms with Gasteiger partial charge in [-0.1, -0.05) is 18.2 Å². The minimum absolute atomic E-state index is 0.247. The summed E-state index contributed by atoms with van der Waals surface area (Å²) in [5.41, 5.74) is 2.25. The van der Waals surface area contributed by atoms with E-state index in [0.717, 1.165) is 12.1 Å². The summed E-state index contributed by atoms with van der Waals surface area (Å²) < 4.78 is 0.247. The highest BCUT2D eigenvalue weighted by atomic mass is 32.2. The Bertz CT molecular complexity index is 549. The zero-order valence-corrected chi connectivity index (χ0v) is 10.3. The molecule has 0 fully saturated rings. The van der Waals surface area contributed by atoms with E-state index in [1.54, 1.807) is 0 Å². The first-order valence-electron chi connectivity index (χ1n) is 5.46. The fourth-order valence-electron chi connectivity index (χ4n) is 1.97. The fraction of sp³-hybridized carbons (Fsp3) is 0.308. The maximum atomic E-state index is 4.47. The van der Waals surface area contributed by atoms with Crippen LogP contribution in [-0.4, -0.2) is 16.3 Å². The van der Waals surface area contributed by atoms with E-state index in [1.165, 1.54) is 16.0 Å². The van der Waals surface area contributed by atoms with E-state index in [0.29, 0.717) is 0 Å². The highest BCUT2D eigenvalue weighted by Gasteiger charge is 2.27. The number of fused-ring (bicyclic) bond motifs is 3. The van der Waals surface area contributed by atoms with E-state index in [-0.39, 0.29) is 4.75 Å². The number of thioether (sulfide) groups is 1. The summed E-state index contributed by atoms with van der Waals surface area (Å²) in [4.78, 5) is 5.80. The average molecular weight is 230 g/mol. The van der Waals surface area contributed by atoms with Gasteiger partial charge in [-0.3, -0.25) is 4.98 Å². The van der Waals surface area contributed by atoms with Crippen molar-refractivity contribution >= 4 is 28.4 Å². The Morgan fingerprint density at radius 3 is 3.00 bits per heavy atom. The molecule has 0 radical (unpaired) electrons. The molecule has 16 heavy (non-hydrogen) atoms. The van der Waals surface area contributed by atoms with Crippen molar-refractivity contribution in [2.24, 2.45) is 0 Å². The first kappa shape index (κ1) is 9.97. The maximum absolute atomic E-state index is 4.47. The van der Waals surface area contributed by atoms with Gasteiger partial charge in [0.2, 0.25) is 0 Å². The lowest BCUT2D eigenvalue weighted by Crippen LogP contribution is -2.30. The molecule has 2 nitrogen and oxygen atoms in total. The zero-order valence-electron chi connectivity index (χ0n) is 9.45. The molecule has 3 heteroatoms. The van der Waals surface area contributed by atoms with Gasteiger partial charge in [-0.05, 0) is 19.9 Å². The molecule has 0 aliphatic carbocycles. The van der Waals surface area contributed by atoms with Gasteiger partial charge >= 0.3 is 0 Å².